The summed E-state index contributed by atoms with van der Waals surface area (Å²) in [6.07, 6.45) is 1.61. The zero-order valence-electron chi connectivity index (χ0n) is 6.08. The molecule has 0 spiro atoms. The topological polar surface area (TPSA) is 49.3 Å². The van der Waals surface area contributed by atoms with Crippen LogP contribution in [0.5, 0.6) is 0 Å². The molecule has 0 saturated carbocycles. The molecule has 2 N–H and O–H groups in total. The molecule has 66 valence electrons. The predicted molar refractivity (Wildman–Crippen MR) is 53.9 cm³/mol. The molecule has 11 heavy (non-hydrogen) atoms. The molecule has 1 atom stereocenters. The number of aliphatic carboxylic acids is 1. The first-order valence-corrected chi connectivity index (χ1v) is 3.53. The monoisotopic (exact) mass is 195 g/mol. The first-order valence-electron chi connectivity index (χ1n) is 2.90. The number of hydrogen-bond donors (Lipinski definition) is 3. The average Bonchev–Trinajstić information content (AvgIpc) is 1.89. The normalized spacial score (nSPS) is 11.4. The van der Waals surface area contributed by atoms with Crippen LogP contribution >= 0.6 is 26.1 Å². The maximum absolute atomic E-state index is 10.3. The van der Waals surface area contributed by atoms with E-state index in [1.54, 1.807) is 6.08 Å². The van der Waals surface area contributed by atoms with Crippen molar-refractivity contribution in [1.29, 1.82) is 0 Å². The Morgan fingerprint density at radius 2 is 2.36 bits per heavy atom. The van der Waals surface area contributed by atoms with Gasteiger partial charge in [-0.1, -0.05) is 6.08 Å². The summed E-state index contributed by atoms with van der Waals surface area (Å²) in [6.45, 7) is 3.94. The maximum atomic E-state index is 10.3. The van der Waals surface area contributed by atoms with Crippen LogP contribution in [0.25, 0.3) is 0 Å². The van der Waals surface area contributed by atoms with E-state index in [0.717, 1.165) is 0 Å². The number of thiol groups is 1. The van der Waals surface area contributed by atoms with Crippen LogP contribution in [0.2, 0.25) is 0 Å². The largest absolute Gasteiger partial charge is 0.480 e. The van der Waals surface area contributed by atoms with Gasteiger partial charge in [0.25, 0.3) is 0 Å². The van der Waals surface area contributed by atoms with E-state index in [2.05, 4.69) is 24.5 Å². The number of hydrogen-bond acceptors (Lipinski definition) is 3. The van der Waals surface area contributed by atoms with Crippen LogP contribution < -0.4 is 5.32 Å². The van der Waals surface area contributed by atoms with Crippen LogP contribution in [0, 0.1) is 0 Å². The summed E-state index contributed by atoms with van der Waals surface area (Å²) in [5.41, 5.74) is 0. The number of nitrogens with one attached hydrogen (secondary N) is 1. The molecule has 0 fully saturated rings. The lowest BCUT2D eigenvalue weighted by Crippen LogP contribution is -2.38. The van der Waals surface area contributed by atoms with Crippen molar-refractivity contribution in [2.45, 2.75) is 6.04 Å². The van der Waals surface area contributed by atoms with Gasteiger partial charge in [-0.3, -0.25) is 4.79 Å². The smallest absolute Gasteiger partial charge is 0.321 e. The summed E-state index contributed by atoms with van der Waals surface area (Å²) >= 11 is 3.85. The maximum Gasteiger partial charge on any atom is 0.321 e. The van der Waals surface area contributed by atoms with Crippen LogP contribution in [0.4, 0.5) is 0 Å². The van der Waals surface area contributed by atoms with Gasteiger partial charge in [0.15, 0.2) is 0 Å². The van der Waals surface area contributed by atoms with Gasteiger partial charge in [0, 0.05) is 12.3 Å². The molecule has 0 bridgehead atoms. The molecule has 0 aliphatic heterocycles. The van der Waals surface area contributed by atoms with Crippen molar-refractivity contribution in [2.24, 2.45) is 0 Å². The van der Waals surface area contributed by atoms with Crippen molar-refractivity contribution >= 4 is 32.1 Å². The second-order valence-corrected chi connectivity index (χ2v) is 2.14. The number of rotatable bonds is 5. The van der Waals surface area contributed by atoms with E-state index in [1.807, 2.05) is 0 Å². The molecular weight excluding hydrogens is 182 g/mol. The second-order valence-electron chi connectivity index (χ2n) is 1.77. The molecule has 0 aliphatic rings. The number of carbonyl (C=O) groups is 1. The second kappa shape index (κ2) is 7.97. The van der Waals surface area contributed by atoms with Crippen molar-refractivity contribution in [2.75, 3.05) is 12.3 Å². The molecule has 0 aliphatic carbocycles. The minimum atomic E-state index is -0.878. The van der Waals surface area contributed by atoms with Gasteiger partial charge in [-0.2, -0.15) is 26.1 Å². The van der Waals surface area contributed by atoms with Crippen molar-refractivity contribution in [3.8, 4) is 0 Å². The van der Waals surface area contributed by atoms with E-state index >= 15 is 0 Å². The highest BCUT2D eigenvalue weighted by molar-refractivity contribution is 7.80. The Bertz CT molecular complexity index is 130. The molecule has 0 aromatic rings. The van der Waals surface area contributed by atoms with Gasteiger partial charge in [-0.15, -0.1) is 6.58 Å². The zero-order valence-corrected chi connectivity index (χ0v) is 7.97. The molecule has 0 aromatic carbocycles. The van der Waals surface area contributed by atoms with Gasteiger partial charge in [0.05, 0.1) is 0 Å². The molecule has 1 unspecified atom stereocenters. The lowest BCUT2D eigenvalue weighted by atomic mass is 10.3. The fourth-order valence-electron chi connectivity index (χ4n) is 0.456. The summed E-state index contributed by atoms with van der Waals surface area (Å²) < 4.78 is 0. The zero-order chi connectivity index (χ0) is 7.98. The van der Waals surface area contributed by atoms with E-state index in [-0.39, 0.29) is 13.5 Å². The van der Waals surface area contributed by atoms with Crippen molar-refractivity contribution < 1.29 is 9.90 Å². The van der Waals surface area contributed by atoms with Gasteiger partial charge in [-0.25, -0.2) is 0 Å². The third-order valence-electron chi connectivity index (χ3n) is 0.989. The summed E-state index contributed by atoms with van der Waals surface area (Å²) in [6, 6.07) is -0.568. The standard InChI is InChI=1S/C6H11NO2S.H2S/c1-2-3-7-5(4-10)6(8)9;/h2,5,7,10H,1,3-4H2,(H,8,9);1H2. The van der Waals surface area contributed by atoms with Crippen LogP contribution in [-0.2, 0) is 4.79 Å². The highest BCUT2D eigenvalue weighted by Gasteiger charge is 2.12. The number of carboxylic acids is 1. The summed E-state index contributed by atoms with van der Waals surface area (Å²) in [7, 11) is 0. The quantitative estimate of drug-likeness (QED) is 0.435. The first kappa shape index (κ1) is 13.5. The van der Waals surface area contributed by atoms with Gasteiger partial charge in [-0.05, 0) is 0 Å². The fraction of sp³-hybridized carbons (Fsp3) is 0.500. The third-order valence-corrected chi connectivity index (χ3v) is 1.35. The summed E-state index contributed by atoms with van der Waals surface area (Å²) in [5.74, 6) is -0.583. The molecule has 0 rings (SSSR count). The molecule has 0 radical (unpaired) electrons. The van der Waals surface area contributed by atoms with Crippen molar-refractivity contribution in [1.82, 2.24) is 5.32 Å². The van der Waals surface area contributed by atoms with Crippen LogP contribution in [-0.4, -0.2) is 29.4 Å². The van der Waals surface area contributed by atoms with E-state index in [9.17, 15) is 4.79 Å². The molecule has 5 heteroatoms. The van der Waals surface area contributed by atoms with Gasteiger partial charge < -0.3 is 10.4 Å². The molecular formula is C6H13NO2S2. The van der Waals surface area contributed by atoms with Crippen molar-refractivity contribution in [3.63, 3.8) is 0 Å². The molecule has 0 saturated heterocycles. The Kier molecular flexibility index (Phi) is 9.75. The highest BCUT2D eigenvalue weighted by atomic mass is 32.1. The Labute approximate surface area is 78.7 Å². The fourth-order valence-corrected chi connectivity index (χ4v) is 0.741. The Balaban J connectivity index is 0. The Hall–Kier alpha value is -0.130. The Morgan fingerprint density at radius 1 is 1.82 bits per heavy atom. The van der Waals surface area contributed by atoms with Crippen LogP contribution in [0.15, 0.2) is 12.7 Å². The molecule has 3 nitrogen and oxygen atoms in total. The summed E-state index contributed by atoms with van der Waals surface area (Å²) in [5, 5.41) is 11.2. The van der Waals surface area contributed by atoms with Crippen molar-refractivity contribution in [3.05, 3.63) is 12.7 Å². The summed E-state index contributed by atoms with van der Waals surface area (Å²) in [4.78, 5) is 10.3. The SMILES string of the molecule is C=CCNC(CS)C(=O)O.S. The molecule has 0 amide bonds. The lowest BCUT2D eigenvalue weighted by Gasteiger charge is -2.08. The minimum absolute atomic E-state index is 0. The number of carboxylic acid groups (broad SMARTS) is 1. The van der Waals surface area contributed by atoms with E-state index in [1.165, 1.54) is 0 Å². The van der Waals surface area contributed by atoms with Gasteiger partial charge in [0.2, 0.25) is 0 Å². The van der Waals surface area contributed by atoms with Gasteiger partial charge in [0.1, 0.15) is 6.04 Å². The van der Waals surface area contributed by atoms with Crippen LogP contribution in [0.1, 0.15) is 0 Å². The first-order chi connectivity index (χ1) is 4.72. The van der Waals surface area contributed by atoms with Gasteiger partial charge >= 0.3 is 5.97 Å². The lowest BCUT2D eigenvalue weighted by molar-refractivity contribution is -0.138. The predicted octanol–water partition coefficient (Wildman–Crippen LogP) is 0.258. The van der Waals surface area contributed by atoms with E-state index in [0.29, 0.717) is 12.3 Å². The molecule has 0 heterocycles. The average molecular weight is 195 g/mol. The minimum Gasteiger partial charge on any atom is -0.480 e. The third kappa shape index (κ3) is 6.28. The molecule has 0 aromatic heterocycles. The highest BCUT2D eigenvalue weighted by Crippen LogP contribution is 1.86. The van der Waals surface area contributed by atoms with Crippen LogP contribution in [0.3, 0.4) is 0 Å². The van der Waals surface area contributed by atoms with E-state index in [4.69, 9.17) is 5.11 Å². The van der Waals surface area contributed by atoms with E-state index < -0.39 is 12.0 Å². The Morgan fingerprint density at radius 3 is 2.64 bits per heavy atom.